The molecule has 6 heteroatoms. The van der Waals surface area contributed by atoms with Crippen LogP contribution < -0.4 is 5.32 Å². The lowest BCUT2D eigenvalue weighted by atomic mass is 10.0. The van der Waals surface area contributed by atoms with Crippen molar-refractivity contribution in [3.8, 4) is 0 Å². The fourth-order valence-electron chi connectivity index (χ4n) is 2.03. The molecule has 0 aliphatic rings. The zero-order valence-electron chi connectivity index (χ0n) is 12.3. The highest BCUT2D eigenvalue weighted by atomic mass is 79.9. The largest absolute Gasteiger partial charge is 0.469 e. The van der Waals surface area contributed by atoms with Gasteiger partial charge in [0.05, 0.1) is 24.4 Å². The number of methoxy groups -OCH3 is 1. The van der Waals surface area contributed by atoms with Gasteiger partial charge in [-0.3, -0.25) is 9.59 Å². The average Bonchev–Trinajstić information content (AvgIpc) is 2.93. The van der Waals surface area contributed by atoms with Gasteiger partial charge in [0.15, 0.2) is 0 Å². The summed E-state index contributed by atoms with van der Waals surface area (Å²) in [4.78, 5) is 24.7. The molecule has 1 amide bonds. The molecule has 0 fully saturated rings. The van der Waals surface area contributed by atoms with Crippen LogP contribution in [0.5, 0.6) is 0 Å². The van der Waals surface area contributed by atoms with E-state index in [9.17, 15) is 9.59 Å². The molecule has 116 valence electrons. The molecule has 0 aliphatic carbocycles. The number of hydrogen-bond donors (Lipinski definition) is 1. The average molecular weight is 382 g/mol. The van der Waals surface area contributed by atoms with Crippen LogP contribution in [0, 0.1) is 6.92 Å². The molecule has 0 radical (unpaired) electrons. The van der Waals surface area contributed by atoms with Crippen LogP contribution in [-0.4, -0.2) is 19.0 Å². The van der Waals surface area contributed by atoms with E-state index in [0.29, 0.717) is 4.88 Å². The van der Waals surface area contributed by atoms with Gasteiger partial charge in [0.25, 0.3) is 5.91 Å². The number of amides is 1. The first-order valence-electron chi connectivity index (χ1n) is 6.68. The van der Waals surface area contributed by atoms with Gasteiger partial charge in [-0.15, -0.1) is 11.3 Å². The summed E-state index contributed by atoms with van der Waals surface area (Å²) in [6, 6.07) is 8.98. The van der Waals surface area contributed by atoms with E-state index < -0.39 is 6.04 Å². The van der Waals surface area contributed by atoms with Crippen LogP contribution >= 0.6 is 27.3 Å². The standard InChI is InChI=1S/C16H16BrNO3S/c1-10-7-8-22-15(10)16(20)18-13(9-14(19)21-2)11-3-5-12(17)6-4-11/h3-8,13H,9H2,1-2H3,(H,18,20). The number of carbonyl (C=O) groups is 2. The van der Waals surface area contributed by atoms with Crippen LogP contribution in [0.4, 0.5) is 0 Å². The van der Waals surface area contributed by atoms with E-state index in [-0.39, 0.29) is 18.3 Å². The van der Waals surface area contributed by atoms with E-state index in [0.717, 1.165) is 15.6 Å². The molecule has 0 bridgehead atoms. The SMILES string of the molecule is COC(=O)CC(NC(=O)c1sccc1C)c1ccc(Br)cc1. The molecule has 1 aromatic carbocycles. The lowest BCUT2D eigenvalue weighted by molar-refractivity contribution is -0.141. The predicted octanol–water partition coefficient (Wildman–Crippen LogP) is 3.85. The third kappa shape index (κ3) is 4.18. The Morgan fingerprint density at radius 1 is 1.27 bits per heavy atom. The van der Waals surface area contributed by atoms with Crippen molar-refractivity contribution in [2.75, 3.05) is 7.11 Å². The van der Waals surface area contributed by atoms with Crippen molar-refractivity contribution < 1.29 is 14.3 Å². The smallest absolute Gasteiger partial charge is 0.307 e. The second-order valence-electron chi connectivity index (χ2n) is 4.79. The molecular weight excluding hydrogens is 366 g/mol. The van der Waals surface area contributed by atoms with Gasteiger partial charge in [-0.2, -0.15) is 0 Å². The molecule has 1 unspecified atom stereocenters. The minimum atomic E-state index is -0.422. The molecule has 0 spiro atoms. The van der Waals surface area contributed by atoms with E-state index in [1.165, 1.54) is 18.4 Å². The van der Waals surface area contributed by atoms with Crippen molar-refractivity contribution in [1.29, 1.82) is 0 Å². The molecule has 22 heavy (non-hydrogen) atoms. The minimum absolute atomic E-state index is 0.0916. The Bertz CT molecular complexity index is 666. The Labute approximate surface area is 141 Å². The summed E-state index contributed by atoms with van der Waals surface area (Å²) in [6.07, 6.45) is 0.0916. The lowest BCUT2D eigenvalue weighted by Crippen LogP contribution is -2.30. The zero-order valence-corrected chi connectivity index (χ0v) is 14.7. The summed E-state index contributed by atoms with van der Waals surface area (Å²) in [5, 5.41) is 4.79. The van der Waals surface area contributed by atoms with Crippen molar-refractivity contribution in [2.45, 2.75) is 19.4 Å². The summed E-state index contributed by atoms with van der Waals surface area (Å²) >= 11 is 4.76. The molecule has 1 N–H and O–H groups in total. The molecule has 1 atom stereocenters. The zero-order chi connectivity index (χ0) is 16.1. The summed E-state index contributed by atoms with van der Waals surface area (Å²) in [7, 11) is 1.34. The van der Waals surface area contributed by atoms with Crippen molar-refractivity contribution >= 4 is 39.1 Å². The Morgan fingerprint density at radius 3 is 2.50 bits per heavy atom. The number of carbonyl (C=O) groups excluding carboxylic acids is 2. The number of thiophene rings is 1. The first-order valence-corrected chi connectivity index (χ1v) is 8.35. The molecule has 2 rings (SSSR count). The fraction of sp³-hybridized carbons (Fsp3) is 0.250. The van der Waals surface area contributed by atoms with E-state index in [1.54, 1.807) is 0 Å². The Kier molecular flexibility index (Phi) is 5.74. The number of nitrogens with one attached hydrogen (secondary N) is 1. The number of aryl methyl sites for hydroxylation is 1. The van der Waals surface area contributed by atoms with E-state index in [1.807, 2.05) is 42.6 Å². The number of esters is 1. The molecule has 4 nitrogen and oxygen atoms in total. The maximum Gasteiger partial charge on any atom is 0.307 e. The number of benzene rings is 1. The number of ether oxygens (including phenoxy) is 1. The summed E-state index contributed by atoms with van der Waals surface area (Å²) in [5.41, 5.74) is 1.78. The number of hydrogen-bond acceptors (Lipinski definition) is 4. The van der Waals surface area contributed by atoms with Gasteiger partial charge in [-0.1, -0.05) is 28.1 Å². The van der Waals surface area contributed by atoms with Crippen molar-refractivity contribution in [2.24, 2.45) is 0 Å². The fourth-order valence-corrected chi connectivity index (χ4v) is 3.12. The Morgan fingerprint density at radius 2 is 1.95 bits per heavy atom. The van der Waals surface area contributed by atoms with Crippen molar-refractivity contribution in [1.82, 2.24) is 5.32 Å². The molecule has 0 aliphatic heterocycles. The van der Waals surface area contributed by atoms with Crippen LogP contribution in [0.15, 0.2) is 40.2 Å². The third-order valence-corrected chi connectivity index (χ3v) is 4.79. The van der Waals surface area contributed by atoms with Gasteiger partial charge in [-0.05, 0) is 41.6 Å². The molecule has 0 saturated carbocycles. The first kappa shape index (κ1) is 16.7. The lowest BCUT2D eigenvalue weighted by Gasteiger charge is -2.18. The second-order valence-corrected chi connectivity index (χ2v) is 6.62. The summed E-state index contributed by atoms with van der Waals surface area (Å²) < 4.78 is 5.66. The van der Waals surface area contributed by atoms with Gasteiger partial charge in [0.1, 0.15) is 0 Å². The van der Waals surface area contributed by atoms with Crippen LogP contribution in [0.3, 0.4) is 0 Å². The first-order chi connectivity index (χ1) is 10.5. The van der Waals surface area contributed by atoms with Gasteiger partial charge in [-0.25, -0.2) is 0 Å². The molecular formula is C16H16BrNO3S. The van der Waals surface area contributed by atoms with Gasteiger partial charge >= 0.3 is 5.97 Å². The highest BCUT2D eigenvalue weighted by molar-refractivity contribution is 9.10. The van der Waals surface area contributed by atoms with Crippen LogP contribution in [0.2, 0.25) is 0 Å². The van der Waals surface area contributed by atoms with Crippen molar-refractivity contribution in [3.05, 3.63) is 56.2 Å². The normalized spacial score (nSPS) is 11.8. The monoisotopic (exact) mass is 381 g/mol. The molecule has 2 aromatic rings. The summed E-state index contributed by atoms with van der Waals surface area (Å²) in [5.74, 6) is -0.541. The Balaban J connectivity index is 2.21. The second kappa shape index (κ2) is 7.56. The van der Waals surface area contributed by atoms with Crippen molar-refractivity contribution in [3.63, 3.8) is 0 Å². The van der Waals surface area contributed by atoms with E-state index in [2.05, 4.69) is 21.2 Å². The van der Waals surface area contributed by atoms with Crippen LogP contribution in [0.25, 0.3) is 0 Å². The third-order valence-electron chi connectivity index (χ3n) is 3.24. The van der Waals surface area contributed by atoms with Gasteiger partial charge < -0.3 is 10.1 Å². The maximum absolute atomic E-state index is 12.4. The maximum atomic E-state index is 12.4. The highest BCUT2D eigenvalue weighted by Crippen LogP contribution is 2.22. The quantitative estimate of drug-likeness (QED) is 0.800. The van der Waals surface area contributed by atoms with E-state index >= 15 is 0 Å². The number of halogens is 1. The minimum Gasteiger partial charge on any atom is -0.469 e. The topological polar surface area (TPSA) is 55.4 Å². The number of rotatable bonds is 5. The predicted molar refractivity (Wildman–Crippen MR) is 90.0 cm³/mol. The van der Waals surface area contributed by atoms with Gasteiger partial charge in [0, 0.05) is 4.47 Å². The molecule has 0 saturated heterocycles. The highest BCUT2D eigenvalue weighted by Gasteiger charge is 2.21. The van der Waals surface area contributed by atoms with Gasteiger partial charge in [0.2, 0.25) is 0 Å². The molecule has 1 heterocycles. The van der Waals surface area contributed by atoms with Crippen LogP contribution in [-0.2, 0) is 9.53 Å². The Hall–Kier alpha value is -1.66. The summed E-state index contributed by atoms with van der Waals surface area (Å²) in [6.45, 7) is 1.89. The van der Waals surface area contributed by atoms with E-state index in [4.69, 9.17) is 4.74 Å². The van der Waals surface area contributed by atoms with Crippen LogP contribution in [0.1, 0.15) is 33.3 Å². The molecule has 1 aromatic heterocycles.